The summed E-state index contributed by atoms with van der Waals surface area (Å²) in [6.45, 7) is 4.80. The molecule has 80 valence electrons. The molecule has 0 aliphatic heterocycles. The summed E-state index contributed by atoms with van der Waals surface area (Å²) in [6.07, 6.45) is -2.30. The van der Waals surface area contributed by atoms with E-state index in [-0.39, 0.29) is 6.54 Å². The van der Waals surface area contributed by atoms with Gasteiger partial charge in [0.2, 0.25) is 0 Å². The highest BCUT2D eigenvalue weighted by Gasteiger charge is 2.05. The Morgan fingerprint density at radius 3 is 2.86 bits per heavy atom. The van der Waals surface area contributed by atoms with Crippen LogP contribution in [0.4, 0.5) is 8.78 Å². The van der Waals surface area contributed by atoms with E-state index >= 15 is 0 Å². The molecule has 3 nitrogen and oxygen atoms in total. The van der Waals surface area contributed by atoms with Crippen LogP contribution in [-0.2, 0) is 13.1 Å². The molecule has 0 fully saturated rings. The van der Waals surface area contributed by atoms with Crippen molar-refractivity contribution in [1.29, 1.82) is 0 Å². The van der Waals surface area contributed by atoms with Crippen molar-refractivity contribution in [3.05, 3.63) is 17.5 Å². The fraction of sp³-hybridized carbons (Fsp3) is 0.667. The lowest BCUT2D eigenvalue weighted by molar-refractivity contribution is 0.145. The Morgan fingerprint density at radius 1 is 1.57 bits per heavy atom. The molecule has 0 unspecified atom stereocenters. The summed E-state index contributed by atoms with van der Waals surface area (Å²) in [5.74, 6) is 0. The van der Waals surface area contributed by atoms with E-state index in [1.807, 2.05) is 24.6 Å². The van der Waals surface area contributed by atoms with E-state index < -0.39 is 6.43 Å². The zero-order valence-corrected chi connectivity index (χ0v) is 8.43. The van der Waals surface area contributed by atoms with Gasteiger partial charge < -0.3 is 5.32 Å². The third kappa shape index (κ3) is 3.06. The van der Waals surface area contributed by atoms with Crippen molar-refractivity contribution in [2.24, 2.45) is 0 Å². The Morgan fingerprint density at radius 2 is 2.29 bits per heavy atom. The number of rotatable bonds is 5. The van der Waals surface area contributed by atoms with Gasteiger partial charge in [-0.2, -0.15) is 5.10 Å². The number of aromatic nitrogens is 2. The van der Waals surface area contributed by atoms with E-state index in [0.29, 0.717) is 6.54 Å². The maximum Gasteiger partial charge on any atom is 0.250 e. The summed E-state index contributed by atoms with van der Waals surface area (Å²) in [6, 6.07) is 1.90. The van der Waals surface area contributed by atoms with Gasteiger partial charge in [-0.05, 0) is 19.9 Å². The van der Waals surface area contributed by atoms with Gasteiger partial charge in [-0.15, -0.1) is 0 Å². The molecular weight excluding hydrogens is 188 g/mol. The van der Waals surface area contributed by atoms with Gasteiger partial charge in [0.25, 0.3) is 6.43 Å². The molecule has 0 atom stereocenters. The minimum absolute atomic E-state index is 0.270. The molecule has 0 bridgehead atoms. The van der Waals surface area contributed by atoms with E-state index in [4.69, 9.17) is 0 Å². The molecule has 0 radical (unpaired) electrons. The smallest absolute Gasteiger partial charge is 0.250 e. The van der Waals surface area contributed by atoms with E-state index in [1.165, 1.54) is 0 Å². The monoisotopic (exact) mass is 203 g/mol. The lowest BCUT2D eigenvalue weighted by atomic mass is 10.3. The maximum atomic E-state index is 11.8. The van der Waals surface area contributed by atoms with Crippen LogP contribution in [0.1, 0.15) is 18.3 Å². The van der Waals surface area contributed by atoms with Crippen LogP contribution in [0.25, 0.3) is 0 Å². The minimum Gasteiger partial charge on any atom is -0.306 e. The van der Waals surface area contributed by atoms with Crippen LogP contribution in [0.2, 0.25) is 0 Å². The average Bonchev–Trinajstić information content (AvgIpc) is 2.45. The van der Waals surface area contributed by atoms with Crippen molar-refractivity contribution in [2.45, 2.75) is 33.4 Å². The van der Waals surface area contributed by atoms with Gasteiger partial charge in [-0.3, -0.25) is 4.68 Å². The number of nitrogens with one attached hydrogen (secondary N) is 1. The maximum absolute atomic E-state index is 11.8. The number of hydrogen-bond acceptors (Lipinski definition) is 2. The molecule has 1 aromatic rings. The number of alkyl halides is 2. The number of aryl methyl sites for hydroxylation is 2. The molecule has 0 spiro atoms. The standard InChI is InChI=1S/C9H15F2N3/c1-3-14-8(4-7(2)13-14)5-12-6-9(10)11/h4,9,12H,3,5-6H2,1-2H3. The molecule has 1 aromatic heterocycles. The van der Waals surface area contributed by atoms with Crippen molar-refractivity contribution in [3.8, 4) is 0 Å². The highest BCUT2D eigenvalue weighted by Crippen LogP contribution is 2.03. The van der Waals surface area contributed by atoms with Crippen molar-refractivity contribution in [1.82, 2.24) is 15.1 Å². The van der Waals surface area contributed by atoms with Gasteiger partial charge in [-0.25, -0.2) is 8.78 Å². The van der Waals surface area contributed by atoms with E-state index in [1.54, 1.807) is 0 Å². The lowest BCUT2D eigenvalue weighted by Crippen LogP contribution is -2.22. The number of nitrogens with zero attached hydrogens (tertiary/aromatic N) is 2. The average molecular weight is 203 g/mol. The van der Waals surface area contributed by atoms with Crippen LogP contribution in [0, 0.1) is 6.92 Å². The van der Waals surface area contributed by atoms with Gasteiger partial charge >= 0.3 is 0 Å². The van der Waals surface area contributed by atoms with Crippen molar-refractivity contribution >= 4 is 0 Å². The molecule has 0 saturated carbocycles. The molecule has 1 heterocycles. The third-order valence-electron chi connectivity index (χ3n) is 1.89. The molecule has 5 heteroatoms. The molecule has 0 aromatic carbocycles. The zero-order valence-electron chi connectivity index (χ0n) is 8.43. The van der Waals surface area contributed by atoms with E-state index in [2.05, 4.69) is 10.4 Å². The zero-order chi connectivity index (χ0) is 10.6. The Balaban J connectivity index is 2.48. The molecule has 0 aliphatic carbocycles. The highest BCUT2D eigenvalue weighted by atomic mass is 19.3. The molecule has 0 saturated heterocycles. The Bertz CT molecular complexity index is 284. The first-order valence-corrected chi connectivity index (χ1v) is 4.65. The fourth-order valence-electron chi connectivity index (χ4n) is 1.32. The van der Waals surface area contributed by atoms with Gasteiger partial charge in [0.05, 0.1) is 17.9 Å². The fourth-order valence-corrected chi connectivity index (χ4v) is 1.32. The van der Waals surface area contributed by atoms with Gasteiger partial charge in [-0.1, -0.05) is 0 Å². The predicted octanol–water partition coefficient (Wildman–Crippen LogP) is 1.57. The van der Waals surface area contributed by atoms with Crippen LogP contribution >= 0.6 is 0 Å². The van der Waals surface area contributed by atoms with Gasteiger partial charge in [0, 0.05) is 13.1 Å². The Kier molecular flexibility index (Phi) is 4.00. The first-order chi connectivity index (χ1) is 6.63. The van der Waals surface area contributed by atoms with Gasteiger partial charge in [0.1, 0.15) is 0 Å². The first-order valence-electron chi connectivity index (χ1n) is 4.65. The minimum atomic E-state index is -2.30. The second-order valence-electron chi connectivity index (χ2n) is 3.11. The molecule has 14 heavy (non-hydrogen) atoms. The first kappa shape index (κ1) is 11.1. The topological polar surface area (TPSA) is 29.9 Å². The van der Waals surface area contributed by atoms with Crippen LogP contribution in [0.3, 0.4) is 0 Å². The predicted molar refractivity (Wildman–Crippen MR) is 50.3 cm³/mol. The summed E-state index contributed by atoms with van der Waals surface area (Å²) in [4.78, 5) is 0. The van der Waals surface area contributed by atoms with Crippen LogP contribution < -0.4 is 5.32 Å². The summed E-state index contributed by atoms with van der Waals surface area (Å²) in [5, 5.41) is 6.89. The quantitative estimate of drug-likeness (QED) is 0.787. The van der Waals surface area contributed by atoms with Crippen molar-refractivity contribution in [3.63, 3.8) is 0 Å². The Labute approximate surface area is 82.1 Å². The van der Waals surface area contributed by atoms with Crippen molar-refractivity contribution < 1.29 is 8.78 Å². The summed E-state index contributed by atoms with van der Waals surface area (Å²) in [7, 11) is 0. The second-order valence-corrected chi connectivity index (χ2v) is 3.11. The molecule has 1 N–H and O–H groups in total. The van der Waals surface area contributed by atoms with Crippen LogP contribution in [-0.4, -0.2) is 22.8 Å². The van der Waals surface area contributed by atoms with E-state index in [0.717, 1.165) is 17.9 Å². The van der Waals surface area contributed by atoms with Crippen molar-refractivity contribution in [2.75, 3.05) is 6.54 Å². The summed E-state index contributed by atoms with van der Waals surface area (Å²) in [5.41, 5.74) is 1.87. The van der Waals surface area contributed by atoms with Crippen LogP contribution in [0.15, 0.2) is 6.07 Å². The van der Waals surface area contributed by atoms with Gasteiger partial charge in [0.15, 0.2) is 0 Å². The second kappa shape index (κ2) is 5.05. The molecule has 0 aliphatic rings. The summed E-state index contributed by atoms with van der Waals surface area (Å²) < 4.78 is 25.5. The largest absolute Gasteiger partial charge is 0.306 e. The molecule has 1 rings (SSSR count). The number of halogens is 2. The Hall–Kier alpha value is -0.970. The van der Waals surface area contributed by atoms with E-state index in [9.17, 15) is 8.78 Å². The highest BCUT2D eigenvalue weighted by molar-refractivity contribution is 5.08. The normalized spacial score (nSPS) is 11.2. The number of hydrogen-bond donors (Lipinski definition) is 1. The SMILES string of the molecule is CCn1nc(C)cc1CNCC(F)F. The third-order valence-corrected chi connectivity index (χ3v) is 1.89. The molecule has 0 amide bonds. The lowest BCUT2D eigenvalue weighted by Gasteiger charge is -2.05. The molecular formula is C9H15F2N3. The van der Waals surface area contributed by atoms with Crippen LogP contribution in [0.5, 0.6) is 0 Å². The summed E-state index contributed by atoms with van der Waals surface area (Å²) >= 11 is 0.